The number of hydrogen-bond acceptors (Lipinski definition) is 3. The van der Waals surface area contributed by atoms with Crippen LogP contribution in [-0.2, 0) is 0 Å². The highest BCUT2D eigenvalue weighted by molar-refractivity contribution is 6.61. The lowest BCUT2D eigenvalue weighted by Crippen LogP contribution is -2.30. The Labute approximate surface area is 111 Å². The number of fused-ring (bicyclic) bond motifs is 1. The van der Waals surface area contributed by atoms with E-state index in [4.69, 9.17) is 0 Å². The molecule has 1 heterocycles. The Morgan fingerprint density at radius 2 is 1.63 bits per heavy atom. The molecule has 0 aliphatic heterocycles. The predicted octanol–water partition coefficient (Wildman–Crippen LogP) is 1.58. The number of benzene rings is 2. The Bertz CT molecular complexity index is 714. The molecule has 1 aromatic heterocycles. The van der Waals surface area contributed by atoms with Crippen LogP contribution in [0.1, 0.15) is 0 Å². The molecule has 0 aliphatic carbocycles. The predicted molar refractivity (Wildman–Crippen MR) is 77.0 cm³/mol. The van der Waals surface area contributed by atoms with Gasteiger partial charge in [0.25, 0.3) is 0 Å². The molecule has 3 nitrogen and oxygen atoms in total. The number of aromatic nitrogens is 1. The maximum atomic E-state index is 9.40. The Morgan fingerprint density at radius 3 is 2.37 bits per heavy atom. The van der Waals surface area contributed by atoms with Gasteiger partial charge in [-0.05, 0) is 17.2 Å². The van der Waals surface area contributed by atoms with E-state index in [9.17, 15) is 10.0 Å². The maximum absolute atomic E-state index is 9.40. The van der Waals surface area contributed by atoms with Crippen LogP contribution >= 0.6 is 0 Å². The Morgan fingerprint density at radius 1 is 0.842 bits per heavy atom. The number of hydrogen-bond donors (Lipinski definition) is 2. The third-order valence-corrected chi connectivity index (χ3v) is 3.17. The first-order valence-electron chi connectivity index (χ1n) is 6.06. The Kier molecular flexibility index (Phi) is 3.03. The molecule has 0 atom stereocenters. The largest absolute Gasteiger partial charge is 0.490 e. The summed E-state index contributed by atoms with van der Waals surface area (Å²) in [5.74, 6) is 0. The average molecular weight is 249 g/mol. The van der Waals surface area contributed by atoms with Crippen LogP contribution in [0.2, 0.25) is 0 Å². The van der Waals surface area contributed by atoms with E-state index in [0.29, 0.717) is 11.0 Å². The van der Waals surface area contributed by atoms with Gasteiger partial charge in [-0.15, -0.1) is 0 Å². The minimum atomic E-state index is -1.51. The molecule has 0 radical (unpaired) electrons. The van der Waals surface area contributed by atoms with Crippen molar-refractivity contribution in [3.05, 3.63) is 60.8 Å². The smallest absolute Gasteiger partial charge is 0.423 e. The summed E-state index contributed by atoms with van der Waals surface area (Å²) in [5.41, 5.74) is 3.17. The van der Waals surface area contributed by atoms with E-state index < -0.39 is 7.12 Å². The van der Waals surface area contributed by atoms with Crippen LogP contribution in [0.3, 0.4) is 0 Å². The molecule has 0 aliphatic rings. The average Bonchev–Trinajstić information content (AvgIpc) is 2.46. The van der Waals surface area contributed by atoms with Crippen LogP contribution in [0, 0.1) is 0 Å². The first-order chi connectivity index (χ1) is 9.27. The molecule has 0 spiro atoms. The van der Waals surface area contributed by atoms with Gasteiger partial charge in [-0.25, -0.2) is 0 Å². The molecule has 92 valence electrons. The summed E-state index contributed by atoms with van der Waals surface area (Å²) in [6.45, 7) is 0. The molecule has 0 saturated carbocycles. The van der Waals surface area contributed by atoms with Crippen LogP contribution < -0.4 is 5.46 Å². The number of rotatable bonds is 2. The van der Waals surface area contributed by atoms with Gasteiger partial charge in [0.15, 0.2) is 0 Å². The zero-order chi connectivity index (χ0) is 13.2. The van der Waals surface area contributed by atoms with E-state index in [1.165, 1.54) is 0 Å². The van der Waals surface area contributed by atoms with Gasteiger partial charge < -0.3 is 10.0 Å². The molecule has 3 rings (SSSR count). The third-order valence-electron chi connectivity index (χ3n) is 3.17. The lowest BCUT2D eigenvalue weighted by Gasteiger charge is -2.09. The van der Waals surface area contributed by atoms with E-state index in [1.54, 1.807) is 12.3 Å². The van der Waals surface area contributed by atoms with Crippen molar-refractivity contribution < 1.29 is 10.0 Å². The highest BCUT2D eigenvalue weighted by Gasteiger charge is 2.16. The van der Waals surface area contributed by atoms with Crippen LogP contribution in [0.15, 0.2) is 60.8 Å². The van der Waals surface area contributed by atoms with Crippen LogP contribution in [-0.4, -0.2) is 22.2 Å². The van der Waals surface area contributed by atoms with Gasteiger partial charge in [0.1, 0.15) is 0 Å². The number of pyridine rings is 1. The highest BCUT2D eigenvalue weighted by atomic mass is 16.4. The van der Waals surface area contributed by atoms with Gasteiger partial charge in [-0.1, -0.05) is 48.5 Å². The molecule has 0 saturated heterocycles. The molecule has 4 heteroatoms. The fourth-order valence-corrected chi connectivity index (χ4v) is 2.28. The van der Waals surface area contributed by atoms with Gasteiger partial charge in [0, 0.05) is 17.0 Å². The topological polar surface area (TPSA) is 53.4 Å². The normalized spacial score (nSPS) is 10.6. The highest BCUT2D eigenvalue weighted by Crippen LogP contribution is 2.26. The summed E-state index contributed by atoms with van der Waals surface area (Å²) in [7, 11) is -1.51. The molecular formula is C15H12BNO2. The lowest BCUT2D eigenvalue weighted by atomic mass is 9.78. The molecule has 0 bridgehead atoms. The van der Waals surface area contributed by atoms with Crippen molar-refractivity contribution in [3.63, 3.8) is 0 Å². The summed E-state index contributed by atoms with van der Waals surface area (Å²) in [6.07, 6.45) is 1.69. The van der Waals surface area contributed by atoms with Crippen LogP contribution in [0.25, 0.3) is 22.0 Å². The van der Waals surface area contributed by atoms with Crippen molar-refractivity contribution >= 4 is 23.5 Å². The van der Waals surface area contributed by atoms with Gasteiger partial charge in [-0.3, -0.25) is 4.98 Å². The van der Waals surface area contributed by atoms with Gasteiger partial charge in [-0.2, -0.15) is 0 Å². The quantitative estimate of drug-likeness (QED) is 0.678. The molecular weight excluding hydrogens is 237 g/mol. The molecule has 0 amide bonds. The Balaban J connectivity index is 2.31. The molecule has 2 aromatic carbocycles. The SMILES string of the molecule is OB(O)c1cccc2c(-c3ccccc3)ccnc12. The van der Waals surface area contributed by atoms with Gasteiger partial charge >= 0.3 is 7.12 Å². The van der Waals surface area contributed by atoms with Crippen molar-refractivity contribution in [1.29, 1.82) is 0 Å². The van der Waals surface area contributed by atoms with E-state index in [0.717, 1.165) is 16.5 Å². The third kappa shape index (κ3) is 2.12. The zero-order valence-electron chi connectivity index (χ0n) is 10.2. The maximum Gasteiger partial charge on any atom is 0.490 e. The van der Waals surface area contributed by atoms with Gasteiger partial charge in [0.05, 0.1) is 5.52 Å². The summed E-state index contributed by atoms with van der Waals surface area (Å²) < 4.78 is 0. The zero-order valence-corrected chi connectivity index (χ0v) is 10.2. The fourth-order valence-electron chi connectivity index (χ4n) is 2.28. The van der Waals surface area contributed by atoms with E-state index in [2.05, 4.69) is 4.98 Å². The van der Waals surface area contributed by atoms with E-state index >= 15 is 0 Å². The van der Waals surface area contributed by atoms with Crippen LogP contribution in [0.5, 0.6) is 0 Å². The number of para-hydroxylation sites is 1. The van der Waals surface area contributed by atoms with Crippen molar-refractivity contribution in [2.45, 2.75) is 0 Å². The van der Waals surface area contributed by atoms with Crippen LogP contribution in [0.4, 0.5) is 0 Å². The second kappa shape index (κ2) is 4.84. The monoisotopic (exact) mass is 249 g/mol. The van der Waals surface area contributed by atoms with Crippen molar-refractivity contribution in [1.82, 2.24) is 4.98 Å². The molecule has 0 unspecified atom stereocenters. The second-order valence-electron chi connectivity index (χ2n) is 4.34. The lowest BCUT2D eigenvalue weighted by molar-refractivity contribution is 0.426. The molecule has 19 heavy (non-hydrogen) atoms. The Hall–Kier alpha value is -2.17. The minimum Gasteiger partial charge on any atom is -0.423 e. The summed E-state index contributed by atoms with van der Waals surface area (Å²) in [6, 6.07) is 17.3. The summed E-state index contributed by atoms with van der Waals surface area (Å²) in [5, 5.41) is 19.7. The molecule has 0 fully saturated rings. The second-order valence-corrected chi connectivity index (χ2v) is 4.34. The fraction of sp³-hybridized carbons (Fsp3) is 0. The van der Waals surface area contributed by atoms with Gasteiger partial charge in [0.2, 0.25) is 0 Å². The number of nitrogens with zero attached hydrogens (tertiary/aromatic N) is 1. The molecule has 2 N–H and O–H groups in total. The van der Waals surface area contributed by atoms with Crippen molar-refractivity contribution in [2.75, 3.05) is 0 Å². The van der Waals surface area contributed by atoms with Crippen molar-refractivity contribution in [2.24, 2.45) is 0 Å². The summed E-state index contributed by atoms with van der Waals surface area (Å²) >= 11 is 0. The molecule has 3 aromatic rings. The van der Waals surface area contributed by atoms with Crippen molar-refractivity contribution in [3.8, 4) is 11.1 Å². The first kappa shape index (κ1) is 11.9. The summed E-state index contributed by atoms with van der Waals surface area (Å²) in [4.78, 5) is 4.27. The minimum absolute atomic E-state index is 0.426. The first-order valence-corrected chi connectivity index (χ1v) is 6.06. The van der Waals surface area contributed by atoms with E-state index in [-0.39, 0.29) is 0 Å². The van der Waals surface area contributed by atoms with E-state index in [1.807, 2.05) is 48.5 Å². The standard InChI is InChI=1S/C15H12BNO2/c18-16(19)14-8-4-7-13-12(9-10-17-15(13)14)11-5-2-1-3-6-11/h1-10,18-19H.